The monoisotopic (exact) mass is 394 g/mol. The van der Waals surface area contributed by atoms with Gasteiger partial charge < -0.3 is 10.1 Å². The second kappa shape index (κ2) is 9.93. The van der Waals surface area contributed by atoms with E-state index in [2.05, 4.69) is 55.3 Å². The molecule has 0 atom stereocenters. The summed E-state index contributed by atoms with van der Waals surface area (Å²) in [5.74, 6) is 1.76. The second-order valence-electron chi connectivity index (χ2n) is 8.43. The van der Waals surface area contributed by atoms with Gasteiger partial charge >= 0.3 is 0 Å². The lowest BCUT2D eigenvalue weighted by molar-refractivity contribution is -0.117. The van der Waals surface area contributed by atoms with Crippen molar-refractivity contribution in [2.45, 2.75) is 46.5 Å². The maximum Gasteiger partial charge on any atom is 0.238 e. The third-order valence-corrected chi connectivity index (χ3v) is 6.02. The van der Waals surface area contributed by atoms with E-state index in [-0.39, 0.29) is 5.91 Å². The van der Waals surface area contributed by atoms with Gasteiger partial charge in [0.1, 0.15) is 5.75 Å². The van der Waals surface area contributed by atoms with Crippen molar-refractivity contribution in [2.24, 2.45) is 5.92 Å². The van der Waals surface area contributed by atoms with Crippen LogP contribution in [0.5, 0.6) is 5.75 Å². The number of nitrogens with one attached hydrogen (secondary N) is 1. The fraction of sp³-hybridized carbons (Fsp3) is 0.480. The number of hydrogen-bond donors (Lipinski definition) is 1. The Hall–Kier alpha value is -2.33. The van der Waals surface area contributed by atoms with E-state index in [0.29, 0.717) is 6.54 Å². The lowest BCUT2D eigenvalue weighted by atomic mass is 9.90. The first-order valence-electron chi connectivity index (χ1n) is 10.7. The van der Waals surface area contributed by atoms with Crippen LogP contribution in [-0.4, -0.2) is 37.6 Å². The highest BCUT2D eigenvalue weighted by Crippen LogP contribution is 2.24. The average Bonchev–Trinajstić information content (AvgIpc) is 2.70. The van der Waals surface area contributed by atoms with E-state index in [1.165, 1.54) is 30.4 Å². The van der Waals surface area contributed by atoms with Crippen LogP contribution in [0.25, 0.3) is 0 Å². The molecule has 1 aliphatic heterocycles. The molecule has 0 saturated carbocycles. The average molecular weight is 395 g/mol. The van der Waals surface area contributed by atoms with E-state index < -0.39 is 0 Å². The Morgan fingerprint density at radius 3 is 2.28 bits per heavy atom. The first-order valence-corrected chi connectivity index (χ1v) is 10.7. The van der Waals surface area contributed by atoms with Crippen molar-refractivity contribution in [2.75, 3.05) is 32.1 Å². The third kappa shape index (κ3) is 6.07. The summed E-state index contributed by atoms with van der Waals surface area (Å²) in [7, 11) is 1.70. The lowest BCUT2D eigenvalue weighted by Gasteiger charge is -2.31. The number of methoxy groups -OCH3 is 1. The van der Waals surface area contributed by atoms with Crippen LogP contribution < -0.4 is 10.1 Å². The van der Waals surface area contributed by atoms with Crippen LogP contribution in [0.1, 0.15) is 41.5 Å². The molecule has 1 fully saturated rings. The minimum absolute atomic E-state index is 0.0942. The molecule has 1 heterocycles. The molecule has 1 N–H and O–H groups in total. The van der Waals surface area contributed by atoms with E-state index in [1.54, 1.807) is 7.11 Å². The Balaban J connectivity index is 1.41. The van der Waals surface area contributed by atoms with Crippen LogP contribution in [0.4, 0.5) is 5.69 Å². The quantitative estimate of drug-likeness (QED) is 0.726. The highest BCUT2D eigenvalue weighted by molar-refractivity contribution is 5.93. The van der Waals surface area contributed by atoms with Gasteiger partial charge in [-0.3, -0.25) is 9.69 Å². The summed E-state index contributed by atoms with van der Waals surface area (Å²) in [6.07, 6.45) is 4.67. The van der Waals surface area contributed by atoms with Crippen molar-refractivity contribution in [1.29, 1.82) is 0 Å². The number of anilines is 1. The molecule has 1 saturated heterocycles. The predicted octanol–water partition coefficient (Wildman–Crippen LogP) is 4.90. The van der Waals surface area contributed by atoms with E-state index in [0.717, 1.165) is 48.0 Å². The number of likely N-dealkylation sites (tertiary alicyclic amines) is 1. The molecule has 0 radical (unpaired) electrons. The number of amides is 1. The summed E-state index contributed by atoms with van der Waals surface area (Å²) < 4.78 is 5.22. The molecule has 1 aliphatic rings. The van der Waals surface area contributed by atoms with Crippen molar-refractivity contribution in [3.63, 3.8) is 0 Å². The zero-order chi connectivity index (χ0) is 20.8. The normalized spacial score (nSPS) is 15.3. The maximum absolute atomic E-state index is 12.6. The molecule has 2 aromatic rings. The molecule has 0 unspecified atom stereocenters. The van der Waals surface area contributed by atoms with Gasteiger partial charge in [0, 0.05) is 5.69 Å². The molecule has 4 heteroatoms. The minimum Gasteiger partial charge on any atom is -0.497 e. The zero-order valence-electron chi connectivity index (χ0n) is 18.3. The number of carbonyl (C=O) groups is 1. The van der Waals surface area contributed by atoms with Gasteiger partial charge in [-0.25, -0.2) is 0 Å². The smallest absolute Gasteiger partial charge is 0.238 e. The standard InChI is InChI=1S/C25H34N2O2/c1-18-15-19(2)25(20(3)16-18)26-24(28)17-27-13-11-22(12-14-27)6-5-21-7-9-23(29-4)10-8-21/h7-10,15-16,22H,5-6,11-14,17H2,1-4H3,(H,26,28). The highest BCUT2D eigenvalue weighted by Gasteiger charge is 2.21. The van der Waals surface area contributed by atoms with E-state index >= 15 is 0 Å². The Bertz CT molecular complexity index is 798. The topological polar surface area (TPSA) is 41.6 Å². The molecule has 4 nitrogen and oxygen atoms in total. The van der Waals surface area contributed by atoms with E-state index in [4.69, 9.17) is 4.74 Å². The van der Waals surface area contributed by atoms with Crippen molar-refractivity contribution in [1.82, 2.24) is 4.90 Å². The van der Waals surface area contributed by atoms with Gasteiger partial charge in [0.25, 0.3) is 0 Å². The molecule has 3 rings (SSSR count). The van der Waals surface area contributed by atoms with Crippen LogP contribution in [0.3, 0.4) is 0 Å². The van der Waals surface area contributed by atoms with Crippen molar-refractivity contribution >= 4 is 11.6 Å². The summed E-state index contributed by atoms with van der Waals surface area (Å²) >= 11 is 0. The minimum atomic E-state index is 0.0942. The van der Waals surface area contributed by atoms with Gasteiger partial charge in [-0.15, -0.1) is 0 Å². The molecule has 156 valence electrons. The number of benzene rings is 2. The first-order chi connectivity index (χ1) is 13.9. The first kappa shape index (κ1) is 21.4. The van der Waals surface area contributed by atoms with Crippen LogP contribution in [-0.2, 0) is 11.2 Å². The SMILES string of the molecule is COc1ccc(CCC2CCN(CC(=O)Nc3c(C)cc(C)cc3C)CC2)cc1. The van der Waals surface area contributed by atoms with Gasteiger partial charge in [0.05, 0.1) is 13.7 Å². The summed E-state index contributed by atoms with van der Waals surface area (Å²) in [5, 5.41) is 3.13. The summed E-state index contributed by atoms with van der Waals surface area (Å²) in [4.78, 5) is 14.8. The molecular weight excluding hydrogens is 360 g/mol. The van der Waals surface area contributed by atoms with Crippen molar-refractivity contribution in [3.05, 3.63) is 58.7 Å². The second-order valence-corrected chi connectivity index (χ2v) is 8.43. The third-order valence-electron chi connectivity index (χ3n) is 6.02. The Labute approximate surface area is 175 Å². The molecule has 0 bridgehead atoms. The molecule has 2 aromatic carbocycles. The number of aryl methyl sites for hydroxylation is 4. The van der Waals surface area contributed by atoms with Gasteiger partial charge in [0.2, 0.25) is 5.91 Å². The molecular formula is C25H34N2O2. The van der Waals surface area contributed by atoms with E-state index in [9.17, 15) is 4.79 Å². The fourth-order valence-corrected chi connectivity index (χ4v) is 4.36. The molecule has 0 aromatic heterocycles. The van der Waals surface area contributed by atoms with Gasteiger partial charge in [-0.2, -0.15) is 0 Å². The van der Waals surface area contributed by atoms with Crippen molar-refractivity contribution < 1.29 is 9.53 Å². The van der Waals surface area contributed by atoms with Gasteiger partial charge in [-0.1, -0.05) is 29.8 Å². The van der Waals surface area contributed by atoms with Gasteiger partial charge in [0.15, 0.2) is 0 Å². The van der Waals surface area contributed by atoms with Gasteiger partial charge in [-0.05, 0) is 94.3 Å². The summed E-state index contributed by atoms with van der Waals surface area (Å²) in [6.45, 7) is 8.70. The Morgan fingerprint density at radius 1 is 1.07 bits per heavy atom. The van der Waals surface area contributed by atoms with E-state index in [1.807, 2.05) is 12.1 Å². The zero-order valence-corrected chi connectivity index (χ0v) is 18.3. The number of rotatable bonds is 7. The molecule has 0 spiro atoms. The van der Waals surface area contributed by atoms with Crippen LogP contribution in [0.15, 0.2) is 36.4 Å². The number of carbonyl (C=O) groups excluding carboxylic acids is 1. The predicted molar refractivity (Wildman–Crippen MR) is 120 cm³/mol. The molecule has 29 heavy (non-hydrogen) atoms. The number of nitrogens with zero attached hydrogens (tertiary/aromatic N) is 1. The van der Waals surface area contributed by atoms with Crippen LogP contribution >= 0.6 is 0 Å². The Kier molecular flexibility index (Phi) is 7.32. The lowest BCUT2D eigenvalue weighted by Crippen LogP contribution is -2.39. The highest BCUT2D eigenvalue weighted by atomic mass is 16.5. The van der Waals surface area contributed by atoms with Crippen LogP contribution in [0.2, 0.25) is 0 Å². The number of piperidine rings is 1. The largest absolute Gasteiger partial charge is 0.497 e. The maximum atomic E-state index is 12.6. The number of ether oxygens (including phenoxy) is 1. The molecule has 1 amide bonds. The van der Waals surface area contributed by atoms with Crippen molar-refractivity contribution in [3.8, 4) is 5.75 Å². The fourth-order valence-electron chi connectivity index (χ4n) is 4.36. The summed E-state index contributed by atoms with van der Waals surface area (Å²) in [5.41, 5.74) is 5.84. The molecule has 0 aliphatic carbocycles. The summed E-state index contributed by atoms with van der Waals surface area (Å²) in [6, 6.07) is 12.6. The van der Waals surface area contributed by atoms with Crippen LogP contribution in [0, 0.1) is 26.7 Å². The Morgan fingerprint density at radius 2 is 1.69 bits per heavy atom. The number of hydrogen-bond acceptors (Lipinski definition) is 3.